The average molecular weight is 1370 g/mol. The number of nitrogens with one attached hydrogen (secondary N) is 3. The number of phenols is 3. The standard InChI is InChI=1S/C22H21ClFN5O4.C14H17N3O4.C12H14ClFN2O.C10H9N3O4.C2HF3O2/c23-16-3-1-2-12(20(16)24)9-26-18(31)10-28(13-4-5-13)19(32)11-29-17-7-6-14(30)8-15(17)21(27-29)22(25)33;1-14(2,3)21-11(19)7-17-10-5-4-8(18)6-9(10)12(16-17)13(15)20;13-10-3-1-2-8(12(10)14)6-16-11(17)7-15-9-4-5-9;11-10(17)9-6-3-5(14)1-2-7(6)13(12-9)4-8(15)16;3-2(4,5)1(6)7/h1-3,6-8,13,30H,4-5,9-11H2,(H2,25,33)(H,26,31);4-6,18H,7H2,1-3H3,(H2,15,20);1-3,9,15H,4-7H2,(H,16,17);1-3,14H,4H2,(H2,11,17)(H,15,16);(H,6,7). The van der Waals surface area contributed by atoms with Crippen molar-refractivity contribution < 1.29 is 95.4 Å². The maximum Gasteiger partial charge on any atom is 0.490 e. The van der Waals surface area contributed by atoms with E-state index in [2.05, 4.69) is 31.2 Å². The Morgan fingerprint density at radius 3 is 1.35 bits per heavy atom. The molecule has 2 saturated carbocycles. The highest BCUT2D eigenvalue weighted by molar-refractivity contribution is 6.31. The van der Waals surface area contributed by atoms with Crippen LogP contribution in [0.5, 0.6) is 17.2 Å². The number of nitrogens with two attached hydrogens (primary N) is 3. The van der Waals surface area contributed by atoms with E-state index in [-0.39, 0.29) is 114 Å². The first-order chi connectivity index (χ1) is 44.5. The topological polar surface area (TPSA) is 435 Å². The van der Waals surface area contributed by atoms with E-state index in [0.29, 0.717) is 44.3 Å². The Morgan fingerprint density at radius 1 is 0.600 bits per heavy atom. The van der Waals surface area contributed by atoms with E-state index in [1.807, 2.05) is 0 Å². The molecule has 3 aromatic heterocycles. The van der Waals surface area contributed by atoms with Crippen molar-refractivity contribution in [2.45, 2.75) is 103 Å². The number of alkyl halides is 3. The summed E-state index contributed by atoms with van der Waals surface area (Å²) in [6, 6.07) is 22.6. The number of carbonyl (C=O) groups is 9. The molecule has 0 saturated heterocycles. The van der Waals surface area contributed by atoms with Gasteiger partial charge in [-0.05, 0) is 113 Å². The molecule has 28 nitrogen and oxygen atoms in total. The maximum absolute atomic E-state index is 14.0. The lowest BCUT2D eigenvalue weighted by Gasteiger charge is -2.22. The number of phenolic OH excluding ortho intramolecular Hbond substituents is 3. The van der Waals surface area contributed by atoms with Crippen LogP contribution in [0, 0.1) is 11.6 Å². The molecule has 14 N–H and O–H groups in total. The lowest BCUT2D eigenvalue weighted by Crippen LogP contribution is -2.43. The highest BCUT2D eigenvalue weighted by Crippen LogP contribution is 2.30. The zero-order valence-corrected chi connectivity index (χ0v) is 51.9. The number of benzene rings is 5. The van der Waals surface area contributed by atoms with Crippen LogP contribution in [0.2, 0.25) is 10.0 Å². The second kappa shape index (κ2) is 31.8. The van der Waals surface area contributed by atoms with Gasteiger partial charge in [-0.2, -0.15) is 28.5 Å². The van der Waals surface area contributed by atoms with Crippen molar-refractivity contribution in [2.75, 3.05) is 13.1 Å². The molecule has 506 valence electrons. The summed E-state index contributed by atoms with van der Waals surface area (Å²) < 4.78 is 68.3. The molecule has 0 radical (unpaired) electrons. The number of nitrogens with zero attached hydrogens (tertiary/aromatic N) is 7. The minimum atomic E-state index is -5.08. The van der Waals surface area contributed by atoms with Gasteiger partial charge in [-0.3, -0.25) is 52.4 Å². The summed E-state index contributed by atoms with van der Waals surface area (Å²) in [7, 11) is 0. The van der Waals surface area contributed by atoms with Crippen molar-refractivity contribution >= 4 is 109 Å². The van der Waals surface area contributed by atoms with Crippen molar-refractivity contribution in [3.8, 4) is 17.2 Å². The van der Waals surface area contributed by atoms with Crippen molar-refractivity contribution in [2.24, 2.45) is 17.2 Å². The number of primary amides is 3. The van der Waals surface area contributed by atoms with Crippen molar-refractivity contribution in [3.05, 3.63) is 141 Å². The Kier molecular flexibility index (Phi) is 24.5. The number of hydrogen-bond acceptors (Lipinski definition) is 17. The Hall–Kier alpha value is -10.7. The first-order valence-electron chi connectivity index (χ1n) is 28.1. The predicted molar refractivity (Wildman–Crippen MR) is 329 cm³/mol. The summed E-state index contributed by atoms with van der Waals surface area (Å²) in [6.45, 7) is 4.73. The summed E-state index contributed by atoms with van der Waals surface area (Å²) in [5, 5.41) is 65.8. The van der Waals surface area contributed by atoms with Gasteiger partial charge in [0.2, 0.25) is 17.7 Å². The summed E-state index contributed by atoms with van der Waals surface area (Å²) in [6.07, 6.45) is -1.28. The lowest BCUT2D eigenvalue weighted by atomic mass is 10.2. The molecule has 5 aromatic carbocycles. The molecule has 3 heterocycles. The van der Waals surface area contributed by atoms with Crippen molar-refractivity contribution in [1.29, 1.82) is 0 Å². The fourth-order valence-electron chi connectivity index (χ4n) is 8.61. The smallest absolute Gasteiger partial charge is 0.490 e. The molecule has 0 atom stereocenters. The van der Waals surface area contributed by atoms with Crippen LogP contribution >= 0.6 is 23.2 Å². The molecule has 0 unspecified atom stereocenters. The molecule has 0 bridgehead atoms. The Morgan fingerprint density at radius 2 is 0.989 bits per heavy atom. The van der Waals surface area contributed by atoms with Crippen LogP contribution in [0.3, 0.4) is 0 Å². The van der Waals surface area contributed by atoms with E-state index >= 15 is 0 Å². The van der Waals surface area contributed by atoms with Gasteiger partial charge >= 0.3 is 24.1 Å². The number of fused-ring (bicyclic) bond motifs is 3. The number of aliphatic carboxylic acids is 2. The van der Waals surface area contributed by atoms with E-state index in [9.17, 15) is 75.6 Å². The van der Waals surface area contributed by atoms with Gasteiger partial charge < -0.3 is 68.3 Å². The molecule has 35 heteroatoms. The zero-order valence-electron chi connectivity index (χ0n) is 50.4. The van der Waals surface area contributed by atoms with Gasteiger partial charge in [-0.1, -0.05) is 47.5 Å². The normalized spacial score (nSPS) is 12.5. The van der Waals surface area contributed by atoms with Crippen LogP contribution < -0.4 is 33.2 Å². The molecule has 8 aromatic rings. The molecule has 2 aliphatic rings. The molecule has 10 rings (SSSR count). The number of amides is 6. The van der Waals surface area contributed by atoms with Gasteiger partial charge in [0.05, 0.1) is 39.7 Å². The summed E-state index contributed by atoms with van der Waals surface area (Å²) in [4.78, 5) is 104. The van der Waals surface area contributed by atoms with E-state index in [0.717, 1.165) is 30.4 Å². The molecule has 95 heavy (non-hydrogen) atoms. The number of aromatic nitrogens is 6. The number of rotatable bonds is 19. The van der Waals surface area contributed by atoms with E-state index < -0.39 is 64.9 Å². The van der Waals surface area contributed by atoms with Crippen molar-refractivity contribution in [3.63, 3.8) is 0 Å². The third-order valence-corrected chi connectivity index (χ3v) is 13.8. The third kappa shape index (κ3) is 21.4. The average Bonchev–Trinajstić information content (AvgIpc) is 1.66. The Bertz CT molecular complexity index is 4220. The van der Waals surface area contributed by atoms with Crippen LogP contribution in [0.15, 0.2) is 91.0 Å². The largest absolute Gasteiger partial charge is 0.508 e. The maximum atomic E-state index is 14.0. The van der Waals surface area contributed by atoms with E-state index in [4.69, 9.17) is 60.1 Å². The van der Waals surface area contributed by atoms with Gasteiger partial charge in [0, 0.05) is 52.5 Å². The van der Waals surface area contributed by atoms with Crippen LogP contribution in [-0.4, -0.2) is 150 Å². The lowest BCUT2D eigenvalue weighted by molar-refractivity contribution is -0.192. The zero-order chi connectivity index (χ0) is 70.4. The van der Waals surface area contributed by atoms with Gasteiger partial charge in [0.1, 0.15) is 54.1 Å². The minimum absolute atomic E-state index is 0.00413. The van der Waals surface area contributed by atoms with Crippen LogP contribution in [-0.2, 0) is 66.2 Å². The van der Waals surface area contributed by atoms with Crippen LogP contribution in [0.1, 0.15) is 89.0 Å². The highest BCUT2D eigenvalue weighted by atomic mass is 35.5. The van der Waals surface area contributed by atoms with Gasteiger partial charge in [-0.15, -0.1) is 0 Å². The number of halogens is 7. The summed E-state index contributed by atoms with van der Waals surface area (Å²) in [5.41, 5.74) is 17.1. The molecule has 0 aliphatic heterocycles. The quantitative estimate of drug-likeness (QED) is 0.0350. The molecular weight excluding hydrogens is 1310 g/mol. The second-order valence-corrected chi connectivity index (χ2v) is 22.7. The molecule has 6 amide bonds. The van der Waals surface area contributed by atoms with Gasteiger partial charge in [-0.25, -0.2) is 13.6 Å². The fraction of sp³-hybridized carbons (Fsp3) is 0.300. The minimum Gasteiger partial charge on any atom is -0.508 e. The first kappa shape index (κ1) is 73.4. The second-order valence-electron chi connectivity index (χ2n) is 21.9. The number of esters is 1. The molecular formula is C60H62Cl2F5N13O15. The Labute approximate surface area is 544 Å². The number of carboxylic acid groups (broad SMARTS) is 2. The van der Waals surface area contributed by atoms with E-state index in [1.165, 1.54) is 81.0 Å². The number of ether oxygens (including phenoxy) is 1. The molecule has 0 spiro atoms. The Balaban J connectivity index is 0.000000201. The number of carboxylic acids is 2. The predicted octanol–water partition coefficient (Wildman–Crippen LogP) is 5.53. The summed E-state index contributed by atoms with van der Waals surface area (Å²) >= 11 is 11.4. The number of hydrogen-bond donors (Lipinski definition) is 11. The monoisotopic (exact) mass is 1370 g/mol. The van der Waals surface area contributed by atoms with Gasteiger partial charge in [0.25, 0.3) is 17.7 Å². The summed E-state index contributed by atoms with van der Waals surface area (Å²) in [5.74, 6) is -8.74. The third-order valence-electron chi connectivity index (χ3n) is 13.2. The highest BCUT2D eigenvalue weighted by Gasteiger charge is 2.38. The van der Waals surface area contributed by atoms with Gasteiger partial charge in [0.15, 0.2) is 17.1 Å². The molecule has 2 aliphatic carbocycles. The SMILES string of the molecule is CC(C)(C)OC(=O)Cn1nc(C(N)=O)c2cc(O)ccc21.NC(=O)c1nn(CC(=O)N(CC(=O)NCc2cccc(Cl)c2F)C2CC2)c2ccc(O)cc12.NC(=O)c1nn(CC(=O)O)c2ccc(O)cc12.O=C(CNC1CC1)NCc1cccc(Cl)c1F.O=C(O)C(F)(F)F. The van der Waals surface area contributed by atoms with E-state index in [1.54, 1.807) is 45.0 Å². The first-order valence-corrected chi connectivity index (χ1v) is 28.9. The number of carbonyl (C=O) groups excluding carboxylic acids is 7. The van der Waals surface area contributed by atoms with Crippen molar-refractivity contribution in [1.82, 2.24) is 50.2 Å². The molecule has 2 fully saturated rings. The fourth-order valence-corrected chi connectivity index (χ4v) is 9.00. The number of aromatic hydroxyl groups is 3. The van der Waals surface area contributed by atoms with Crippen LogP contribution in [0.25, 0.3) is 32.7 Å². The van der Waals surface area contributed by atoms with Crippen LogP contribution in [0.4, 0.5) is 22.0 Å².